The molecule has 0 aromatic heterocycles. The summed E-state index contributed by atoms with van der Waals surface area (Å²) >= 11 is 0. The summed E-state index contributed by atoms with van der Waals surface area (Å²) in [7, 11) is 0. The van der Waals surface area contributed by atoms with E-state index < -0.39 is 18.2 Å². The van der Waals surface area contributed by atoms with Crippen molar-refractivity contribution in [3.05, 3.63) is 35.4 Å². The second kappa shape index (κ2) is 5.55. The normalized spacial score (nSPS) is 24.1. The summed E-state index contributed by atoms with van der Waals surface area (Å²) in [5.74, 6) is -1.67. The average Bonchev–Trinajstić information content (AvgIpc) is 2.41. The Labute approximate surface area is 122 Å². The summed E-state index contributed by atoms with van der Waals surface area (Å²) in [4.78, 5) is 35.8. The second-order valence-corrected chi connectivity index (χ2v) is 5.14. The van der Waals surface area contributed by atoms with Crippen LogP contribution in [0.5, 0.6) is 0 Å². The average molecular weight is 290 g/mol. The number of carbonyl (C=O) groups is 3. The molecule has 1 aromatic carbocycles. The number of esters is 1. The lowest BCUT2D eigenvalue weighted by Gasteiger charge is -2.44. The number of nitrogens with zero attached hydrogens (tertiary/aromatic N) is 1. The Morgan fingerprint density at radius 1 is 1.14 bits per heavy atom. The summed E-state index contributed by atoms with van der Waals surface area (Å²) in [6.07, 6.45) is -1.91. The van der Waals surface area contributed by atoms with E-state index in [0.717, 1.165) is 11.1 Å². The fourth-order valence-corrected chi connectivity index (χ4v) is 3.04. The molecular formula is C15H16NO5-. The smallest absolute Gasteiger partial charge is 0.263 e. The van der Waals surface area contributed by atoms with Crippen molar-refractivity contribution in [2.24, 2.45) is 0 Å². The van der Waals surface area contributed by atoms with Gasteiger partial charge in [0.25, 0.3) is 12.1 Å². The number of benzene rings is 1. The van der Waals surface area contributed by atoms with Crippen LogP contribution in [0.3, 0.4) is 0 Å². The number of rotatable bonds is 1. The number of carboxylic acid groups (broad SMARTS) is 1. The standard InChI is InChI=1S/C15H17NO5/c1-8-11-6-4-5-7-12(11)9(2)16(10(3)17)13(8)14(18)21-15(19)20/h4-9,13H,1-3H3,(H,19,20)/p-1. The Morgan fingerprint density at radius 3 is 2.24 bits per heavy atom. The summed E-state index contributed by atoms with van der Waals surface area (Å²) in [6.45, 7) is 4.91. The van der Waals surface area contributed by atoms with Crippen LogP contribution >= 0.6 is 0 Å². The molecule has 2 rings (SSSR count). The molecule has 0 fully saturated rings. The van der Waals surface area contributed by atoms with Crippen LogP contribution in [-0.2, 0) is 14.3 Å². The number of hydrogen-bond acceptors (Lipinski definition) is 5. The van der Waals surface area contributed by atoms with E-state index in [9.17, 15) is 19.5 Å². The molecule has 3 unspecified atom stereocenters. The minimum atomic E-state index is -1.91. The van der Waals surface area contributed by atoms with Crippen molar-refractivity contribution in [2.75, 3.05) is 0 Å². The van der Waals surface area contributed by atoms with Crippen LogP contribution in [0.25, 0.3) is 0 Å². The maximum atomic E-state index is 12.1. The minimum Gasteiger partial charge on any atom is -0.482 e. The Kier molecular flexibility index (Phi) is 3.97. The molecule has 1 amide bonds. The molecule has 0 saturated heterocycles. The lowest BCUT2D eigenvalue weighted by atomic mass is 9.81. The van der Waals surface area contributed by atoms with Gasteiger partial charge in [-0.25, -0.2) is 0 Å². The highest BCUT2D eigenvalue weighted by Gasteiger charge is 2.42. The molecule has 1 heterocycles. The van der Waals surface area contributed by atoms with Gasteiger partial charge in [-0.05, 0) is 18.1 Å². The summed E-state index contributed by atoms with van der Waals surface area (Å²) < 4.78 is 4.18. The summed E-state index contributed by atoms with van der Waals surface area (Å²) in [6, 6.07) is 6.15. The van der Waals surface area contributed by atoms with Crippen molar-refractivity contribution in [2.45, 2.75) is 38.8 Å². The SMILES string of the molecule is CC(=O)N1C(C)c2ccccc2C(C)C1C(=O)OC(=O)[O-]. The molecule has 1 aromatic rings. The van der Waals surface area contributed by atoms with Crippen LogP contribution in [0, 0.1) is 0 Å². The van der Waals surface area contributed by atoms with Gasteiger partial charge in [0.05, 0.1) is 6.04 Å². The lowest BCUT2D eigenvalue weighted by Crippen LogP contribution is -2.52. The van der Waals surface area contributed by atoms with Gasteiger partial charge in [-0.15, -0.1) is 0 Å². The van der Waals surface area contributed by atoms with Crippen LogP contribution in [0.1, 0.15) is 43.9 Å². The number of ether oxygens (including phenoxy) is 1. The zero-order chi connectivity index (χ0) is 15.7. The van der Waals surface area contributed by atoms with E-state index in [2.05, 4.69) is 4.74 Å². The molecule has 1 aliphatic heterocycles. The van der Waals surface area contributed by atoms with Crippen molar-refractivity contribution in [3.63, 3.8) is 0 Å². The molecule has 0 spiro atoms. The summed E-state index contributed by atoms with van der Waals surface area (Å²) in [5.41, 5.74) is 1.85. The van der Waals surface area contributed by atoms with Gasteiger partial charge in [0, 0.05) is 12.8 Å². The third kappa shape index (κ3) is 2.61. The number of fused-ring (bicyclic) bond motifs is 1. The molecule has 1 aliphatic rings. The van der Waals surface area contributed by atoms with Crippen molar-refractivity contribution >= 4 is 18.0 Å². The Hall–Kier alpha value is -2.37. The first-order valence-corrected chi connectivity index (χ1v) is 6.65. The zero-order valence-electron chi connectivity index (χ0n) is 12.0. The monoisotopic (exact) mass is 290 g/mol. The van der Waals surface area contributed by atoms with Gasteiger partial charge in [0.2, 0.25) is 5.91 Å². The number of amides is 1. The number of hydrogen-bond donors (Lipinski definition) is 0. The quantitative estimate of drug-likeness (QED) is 0.568. The van der Waals surface area contributed by atoms with E-state index in [1.807, 2.05) is 24.3 Å². The highest BCUT2D eigenvalue weighted by atomic mass is 16.7. The van der Waals surface area contributed by atoms with E-state index in [-0.39, 0.29) is 17.9 Å². The lowest BCUT2D eigenvalue weighted by molar-refractivity contribution is -0.279. The van der Waals surface area contributed by atoms with E-state index in [4.69, 9.17) is 0 Å². The van der Waals surface area contributed by atoms with Gasteiger partial charge in [-0.1, -0.05) is 31.2 Å². The fraction of sp³-hybridized carbons (Fsp3) is 0.400. The van der Waals surface area contributed by atoms with Gasteiger partial charge in [0.1, 0.15) is 6.04 Å². The van der Waals surface area contributed by atoms with Crippen molar-refractivity contribution < 1.29 is 24.2 Å². The third-order valence-corrected chi connectivity index (χ3v) is 3.92. The first kappa shape index (κ1) is 15.0. The minimum absolute atomic E-state index is 0.316. The first-order valence-electron chi connectivity index (χ1n) is 6.65. The molecule has 0 radical (unpaired) electrons. The molecule has 0 aliphatic carbocycles. The Bertz CT molecular complexity index is 597. The molecule has 0 N–H and O–H groups in total. The van der Waals surface area contributed by atoms with Crippen LogP contribution in [0.4, 0.5) is 4.79 Å². The third-order valence-electron chi connectivity index (χ3n) is 3.92. The predicted molar refractivity (Wildman–Crippen MR) is 71.1 cm³/mol. The number of carbonyl (C=O) groups excluding carboxylic acids is 3. The van der Waals surface area contributed by atoms with Gasteiger partial charge in [-0.3, -0.25) is 9.59 Å². The van der Waals surface area contributed by atoms with Gasteiger partial charge >= 0.3 is 0 Å². The fourth-order valence-electron chi connectivity index (χ4n) is 3.04. The molecule has 6 heteroatoms. The maximum absolute atomic E-state index is 12.1. The van der Waals surface area contributed by atoms with E-state index in [0.29, 0.717) is 0 Å². The molecular weight excluding hydrogens is 274 g/mol. The molecule has 0 bridgehead atoms. The van der Waals surface area contributed by atoms with Gasteiger partial charge < -0.3 is 19.5 Å². The second-order valence-electron chi connectivity index (χ2n) is 5.14. The zero-order valence-corrected chi connectivity index (χ0v) is 12.0. The van der Waals surface area contributed by atoms with Crippen LogP contribution in [-0.4, -0.2) is 29.0 Å². The maximum Gasteiger partial charge on any atom is 0.263 e. The van der Waals surface area contributed by atoms with Crippen molar-refractivity contribution in [3.8, 4) is 0 Å². The van der Waals surface area contributed by atoms with E-state index in [1.54, 1.807) is 13.8 Å². The van der Waals surface area contributed by atoms with E-state index in [1.165, 1.54) is 11.8 Å². The van der Waals surface area contributed by atoms with Crippen LogP contribution in [0.2, 0.25) is 0 Å². The molecule has 21 heavy (non-hydrogen) atoms. The molecule has 3 atom stereocenters. The molecule has 6 nitrogen and oxygen atoms in total. The molecule has 0 saturated carbocycles. The molecule has 112 valence electrons. The topological polar surface area (TPSA) is 86.7 Å². The van der Waals surface area contributed by atoms with E-state index >= 15 is 0 Å². The highest BCUT2D eigenvalue weighted by Crippen LogP contribution is 2.40. The van der Waals surface area contributed by atoms with Crippen molar-refractivity contribution in [1.29, 1.82) is 0 Å². The van der Waals surface area contributed by atoms with Gasteiger partial charge in [-0.2, -0.15) is 0 Å². The van der Waals surface area contributed by atoms with Crippen LogP contribution < -0.4 is 5.11 Å². The largest absolute Gasteiger partial charge is 0.482 e. The Morgan fingerprint density at radius 2 is 1.71 bits per heavy atom. The Balaban J connectivity index is 2.49. The predicted octanol–water partition coefficient (Wildman–Crippen LogP) is 0.968. The highest BCUT2D eigenvalue weighted by molar-refractivity contribution is 5.89. The summed E-state index contributed by atoms with van der Waals surface area (Å²) in [5, 5.41) is 10.5. The van der Waals surface area contributed by atoms with Gasteiger partial charge in [0.15, 0.2) is 0 Å². The first-order chi connectivity index (χ1) is 9.84. The van der Waals surface area contributed by atoms with Crippen molar-refractivity contribution in [1.82, 2.24) is 4.90 Å². The van der Waals surface area contributed by atoms with Crippen LogP contribution in [0.15, 0.2) is 24.3 Å².